The first-order valence-electron chi connectivity index (χ1n) is 9.24. The molecule has 1 aromatic heterocycles. The second-order valence-electron chi connectivity index (χ2n) is 7.52. The first-order chi connectivity index (χ1) is 14.7. The van der Waals surface area contributed by atoms with Gasteiger partial charge in [0.15, 0.2) is 9.84 Å². The number of sulfone groups is 1. The van der Waals surface area contributed by atoms with Crippen molar-refractivity contribution in [1.82, 2.24) is 9.78 Å². The van der Waals surface area contributed by atoms with Crippen molar-refractivity contribution in [1.29, 1.82) is 0 Å². The molecule has 0 saturated carbocycles. The molecule has 1 N–H and O–H groups in total. The fourth-order valence-corrected chi connectivity index (χ4v) is 6.39. The summed E-state index contributed by atoms with van der Waals surface area (Å²) in [6.07, 6.45) is -9.94. The first kappa shape index (κ1) is 23.0. The molecule has 32 heavy (non-hydrogen) atoms. The molecule has 174 valence electrons. The Hall–Kier alpha value is -2.22. The largest absolute Gasteiger partial charge is 0.416 e. The number of carbonyl (C=O) groups excluding carboxylic acids is 1. The van der Waals surface area contributed by atoms with Gasteiger partial charge in [0.1, 0.15) is 5.82 Å². The van der Waals surface area contributed by atoms with E-state index in [-0.39, 0.29) is 29.8 Å². The van der Waals surface area contributed by atoms with E-state index in [0.717, 1.165) is 0 Å². The monoisotopic (exact) mass is 499 g/mol. The number of fused-ring (bicyclic) bond motifs is 1. The Bertz CT molecular complexity index is 1160. The van der Waals surface area contributed by atoms with E-state index < -0.39 is 50.8 Å². The number of anilines is 1. The van der Waals surface area contributed by atoms with Gasteiger partial charge in [-0.15, -0.1) is 0 Å². The number of benzene rings is 1. The first-order valence-corrected chi connectivity index (χ1v) is 12.2. The summed E-state index contributed by atoms with van der Waals surface area (Å²) in [4.78, 5) is 12.8. The van der Waals surface area contributed by atoms with Crippen LogP contribution in [-0.2, 0) is 33.7 Å². The summed E-state index contributed by atoms with van der Waals surface area (Å²) in [6, 6.07) is 0.0532. The van der Waals surface area contributed by atoms with E-state index in [9.17, 15) is 39.6 Å². The summed E-state index contributed by atoms with van der Waals surface area (Å²) >= 11 is 1.47. The lowest BCUT2D eigenvalue weighted by Crippen LogP contribution is -2.21. The number of thioether (sulfide) groups is 1. The van der Waals surface area contributed by atoms with Gasteiger partial charge in [-0.1, -0.05) is 0 Å². The molecule has 14 heteroatoms. The summed E-state index contributed by atoms with van der Waals surface area (Å²) in [5.41, 5.74) is -2.86. The van der Waals surface area contributed by atoms with Crippen molar-refractivity contribution in [3.8, 4) is 0 Å². The van der Waals surface area contributed by atoms with Crippen LogP contribution in [0.2, 0.25) is 0 Å². The van der Waals surface area contributed by atoms with E-state index >= 15 is 0 Å². The molecule has 0 aliphatic carbocycles. The molecule has 1 atom stereocenters. The van der Waals surface area contributed by atoms with Crippen LogP contribution in [0, 0.1) is 0 Å². The van der Waals surface area contributed by atoms with Crippen LogP contribution in [0.25, 0.3) is 0 Å². The number of hydrogen-bond acceptors (Lipinski definition) is 5. The lowest BCUT2D eigenvalue weighted by atomic mass is 10.0. The molecule has 2 aliphatic heterocycles. The topological polar surface area (TPSA) is 81.1 Å². The van der Waals surface area contributed by atoms with E-state index in [1.54, 1.807) is 0 Å². The number of carbonyl (C=O) groups is 1. The number of halogens is 6. The lowest BCUT2D eigenvalue weighted by molar-refractivity contribution is -0.143. The van der Waals surface area contributed by atoms with E-state index in [0.29, 0.717) is 34.9 Å². The number of rotatable bonds is 3. The highest BCUT2D eigenvalue weighted by atomic mass is 32.2. The van der Waals surface area contributed by atoms with Crippen molar-refractivity contribution in [3.63, 3.8) is 0 Å². The van der Waals surface area contributed by atoms with Crippen LogP contribution in [-0.4, -0.2) is 35.6 Å². The third-order valence-corrected chi connectivity index (χ3v) is 7.93. The van der Waals surface area contributed by atoms with E-state index in [2.05, 4.69) is 10.4 Å². The van der Waals surface area contributed by atoms with Crippen molar-refractivity contribution in [2.24, 2.45) is 0 Å². The number of amides is 1. The maximum atomic E-state index is 13.1. The van der Waals surface area contributed by atoms with Crippen LogP contribution in [0.4, 0.5) is 32.2 Å². The van der Waals surface area contributed by atoms with Gasteiger partial charge in [-0.05, 0) is 24.6 Å². The highest BCUT2D eigenvalue weighted by Crippen LogP contribution is 2.39. The fraction of sp³-hybridized carbons (Fsp3) is 0.444. The molecular formula is C18H15F6N3O3S2. The van der Waals surface area contributed by atoms with Crippen LogP contribution < -0.4 is 5.32 Å². The third-order valence-electron chi connectivity index (χ3n) is 5.21. The molecule has 1 amide bonds. The average molecular weight is 499 g/mol. The SMILES string of the molecule is O=C(Nc1c2c(nn1C1CCS(=O)(=O)C1)CSC2)c1cc(C(F)(F)F)cc(C(F)(F)F)c1. The summed E-state index contributed by atoms with van der Waals surface area (Å²) in [5, 5.41) is 6.74. The van der Waals surface area contributed by atoms with Crippen molar-refractivity contribution in [2.45, 2.75) is 36.3 Å². The summed E-state index contributed by atoms with van der Waals surface area (Å²) in [5.74, 6) is -0.461. The van der Waals surface area contributed by atoms with Crippen molar-refractivity contribution in [3.05, 3.63) is 46.1 Å². The molecule has 0 spiro atoms. The highest BCUT2D eigenvalue weighted by Gasteiger charge is 2.38. The van der Waals surface area contributed by atoms with Gasteiger partial charge in [0.05, 0.1) is 34.4 Å². The molecule has 1 fully saturated rings. The summed E-state index contributed by atoms with van der Waals surface area (Å²) < 4.78 is 104. The molecule has 1 aromatic carbocycles. The molecule has 1 unspecified atom stereocenters. The maximum absolute atomic E-state index is 13.1. The number of nitrogens with one attached hydrogen (secondary N) is 1. The number of nitrogens with zero attached hydrogens (tertiary/aromatic N) is 2. The molecule has 4 rings (SSSR count). The number of hydrogen-bond donors (Lipinski definition) is 1. The molecule has 6 nitrogen and oxygen atoms in total. The zero-order valence-corrected chi connectivity index (χ0v) is 17.7. The molecule has 0 radical (unpaired) electrons. The van der Waals surface area contributed by atoms with Gasteiger partial charge in [0, 0.05) is 22.6 Å². The third kappa shape index (κ3) is 4.47. The number of alkyl halides is 6. The highest BCUT2D eigenvalue weighted by molar-refractivity contribution is 7.98. The van der Waals surface area contributed by atoms with Crippen molar-refractivity contribution < 1.29 is 39.6 Å². The van der Waals surface area contributed by atoms with Crippen LogP contribution in [0.5, 0.6) is 0 Å². The zero-order valence-electron chi connectivity index (χ0n) is 16.0. The Morgan fingerprint density at radius 1 is 1.06 bits per heavy atom. The Labute approximate surface area is 182 Å². The molecule has 1 saturated heterocycles. The van der Waals surface area contributed by atoms with Crippen molar-refractivity contribution >= 4 is 33.3 Å². The Morgan fingerprint density at radius 3 is 2.22 bits per heavy atom. The smallest absolute Gasteiger partial charge is 0.306 e. The Balaban J connectivity index is 1.72. The second kappa shape index (κ2) is 7.68. The van der Waals surface area contributed by atoms with E-state index in [1.165, 1.54) is 16.4 Å². The maximum Gasteiger partial charge on any atom is 0.416 e. The summed E-state index contributed by atoms with van der Waals surface area (Å²) in [6.45, 7) is 0. The lowest BCUT2D eigenvalue weighted by Gasteiger charge is -2.17. The minimum atomic E-state index is -5.09. The van der Waals surface area contributed by atoms with Gasteiger partial charge >= 0.3 is 12.4 Å². The van der Waals surface area contributed by atoms with Crippen LogP contribution in [0.3, 0.4) is 0 Å². The predicted octanol–water partition coefficient (Wildman–Crippen LogP) is 4.28. The molecule has 3 heterocycles. The van der Waals surface area contributed by atoms with E-state index in [1.807, 2.05) is 0 Å². The molecule has 2 aliphatic rings. The number of aromatic nitrogens is 2. The second-order valence-corrected chi connectivity index (χ2v) is 10.7. The summed E-state index contributed by atoms with van der Waals surface area (Å²) in [7, 11) is -3.31. The minimum absolute atomic E-state index is 0.0568. The van der Waals surface area contributed by atoms with Gasteiger partial charge in [-0.25, -0.2) is 13.1 Å². The predicted molar refractivity (Wildman–Crippen MR) is 104 cm³/mol. The van der Waals surface area contributed by atoms with Crippen LogP contribution >= 0.6 is 11.8 Å². The van der Waals surface area contributed by atoms with Gasteiger partial charge < -0.3 is 5.32 Å². The van der Waals surface area contributed by atoms with Gasteiger partial charge in [0.2, 0.25) is 0 Å². The average Bonchev–Trinajstić information content (AvgIpc) is 3.35. The van der Waals surface area contributed by atoms with Gasteiger partial charge in [0.25, 0.3) is 5.91 Å². The van der Waals surface area contributed by atoms with E-state index in [4.69, 9.17) is 0 Å². The minimum Gasteiger partial charge on any atom is -0.306 e. The standard InChI is InChI=1S/C18H15F6N3O3S2/c19-17(20,21)10-3-9(4-11(5-10)18(22,23)24)16(28)25-15-13-6-31-7-14(13)26-27(15)12-1-2-32(29,30)8-12/h3-5,12H,1-2,6-8H2,(H,25,28). The van der Waals surface area contributed by atoms with Crippen LogP contribution in [0.1, 0.15) is 45.2 Å². The zero-order chi connectivity index (χ0) is 23.5. The Kier molecular flexibility index (Phi) is 5.51. The van der Waals surface area contributed by atoms with Crippen LogP contribution in [0.15, 0.2) is 18.2 Å². The van der Waals surface area contributed by atoms with Gasteiger partial charge in [-0.3, -0.25) is 4.79 Å². The molecule has 0 bridgehead atoms. The Morgan fingerprint density at radius 2 is 1.69 bits per heavy atom. The normalized spacial score (nSPS) is 20.4. The molecule has 2 aromatic rings. The quantitative estimate of drug-likeness (QED) is 0.638. The van der Waals surface area contributed by atoms with Crippen molar-refractivity contribution in [2.75, 3.05) is 16.8 Å². The van der Waals surface area contributed by atoms with Gasteiger partial charge in [-0.2, -0.15) is 43.2 Å². The molecular weight excluding hydrogens is 484 g/mol. The fourth-order valence-electron chi connectivity index (χ4n) is 3.66.